The Bertz CT molecular complexity index is 493. The second-order valence-corrected chi connectivity index (χ2v) is 5.83. The van der Waals surface area contributed by atoms with Crippen LogP contribution in [0.25, 0.3) is 0 Å². The van der Waals surface area contributed by atoms with E-state index >= 15 is 0 Å². The summed E-state index contributed by atoms with van der Waals surface area (Å²) in [6.45, 7) is 5.77. The third-order valence-electron chi connectivity index (χ3n) is 4.20. The average molecular weight is 289 g/mol. The third-order valence-corrected chi connectivity index (χ3v) is 4.20. The zero-order valence-electron chi connectivity index (χ0n) is 12.6. The predicted molar refractivity (Wildman–Crippen MR) is 82.2 cm³/mol. The van der Waals surface area contributed by atoms with Crippen molar-refractivity contribution in [2.24, 2.45) is 0 Å². The molecule has 114 valence electrons. The minimum Gasteiger partial charge on any atom is -0.357 e. The van der Waals surface area contributed by atoms with Gasteiger partial charge < -0.3 is 9.80 Å². The van der Waals surface area contributed by atoms with Crippen LogP contribution in [-0.4, -0.2) is 67.1 Å². The lowest BCUT2D eigenvalue weighted by Gasteiger charge is -2.32. The molecule has 0 saturated carbocycles. The molecule has 0 spiro atoms. The predicted octanol–water partition coefficient (Wildman–Crippen LogP) is 0.574. The molecule has 1 aromatic rings. The molecule has 0 unspecified atom stereocenters. The van der Waals surface area contributed by atoms with E-state index in [1.54, 1.807) is 12.3 Å². The minimum absolute atomic E-state index is 0.0394. The van der Waals surface area contributed by atoms with Gasteiger partial charge in [0.25, 0.3) is 5.91 Å². The molecule has 2 aliphatic heterocycles. The van der Waals surface area contributed by atoms with E-state index < -0.39 is 0 Å². The molecule has 2 saturated heterocycles. The molecule has 0 radical (unpaired) electrons. The third kappa shape index (κ3) is 3.51. The van der Waals surface area contributed by atoms with Gasteiger partial charge in [-0.05, 0) is 32.0 Å². The summed E-state index contributed by atoms with van der Waals surface area (Å²) in [5, 5.41) is 2.00. The molecule has 3 heterocycles. The average Bonchev–Trinajstić information content (AvgIpc) is 3.04. The van der Waals surface area contributed by atoms with Crippen LogP contribution in [0.4, 0.5) is 5.82 Å². The SMILES string of the molecule is CN1CCN(NC(=O)c2ccnc(N3CCCC3)c2)CC1. The summed E-state index contributed by atoms with van der Waals surface area (Å²) in [6, 6.07) is 3.68. The van der Waals surface area contributed by atoms with Crippen molar-refractivity contribution < 1.29 is 4.79 Å². The van der Waals surface area contributed by atoms with Crippen LogP contribution in [0.1, 0.15) is 23.2 Å². The van der Waals surface area contributed by atoms with Gasteiger partial charge in [0.1, 0.15) is 5.82 Å². The van der Waals surface area contributed by atoms with Crippen molar-refractivity contribution >= 4 is 11.7 Å². The fourth-order valence-electron chi connectivity index (χ4n) is 2.81. The Kier molecular flexibility index (Phi) is 4.36. The van der Waals surface area contributed by atoms with Crippen LogP contribution in [0.5, 0.6) is 0 Å². The summed E-state index contributed by atoms with van der Waals surface area (Å²) in [7, 11) is 2.10. The number of nitrogens with one attached hydrogen (secondary N) is 1. The molecule has 1 N–H and O–H groups in total. The van der Waals surface area contributed by atoms with E-state index in [1.165, 1.54) is 12.8 Å². The zero-order valence-corrected chi connectivity index (χ0v) is 12.6. The van der Waals surface area contributed by atoms with Crippen LogP contribution in [0.3, 0.4) is 0 Å². The van der Waals surface area contributed by atoms with Crippen molar-refractivity contribution in [1.29, 1.82) is 0 Å². The number of amides is 1. The van der Waals surface area contributed by atoms with E-state index in [0.29, 0.717) is 5.56 Å². The summed E-state index contributed by atoms with van der Waals surface area (Å²) in [5.74, 6) is 0.876. The topological polar surface area (TPSA) is 51.7 Å². The van der Waals surface area contributed by atoms with Crippen molar-refractivity contribution in [3.8, 4) is 0 Å². The van der Waals surface area contributed by atoms with E-state index in [4.69, 9.17) is 0 Å². The molecule has 2 aliphatic rings. The fraction of sp³-hybridized carbons (Fsp3) is 0.600. The molecular weight excluding hydrogens is 266 g/mol. The number of likely N-dealkylation sites (N-methyl/N-ethyl adjacent to an activating group) is 1. The standard InChI is InChI=1S/C15H23N5O/c1-18-8-10-20(11-9-18)17-15(21)13-4-5-16-14(12-13)19-6-2-3-7-19/h4-5,12H,2-3,6-11H2,1H3,(H,17,21). The van der Waals surface area contributed by atoms with Crippen LogP contribution < -0.4 is 10.3 Å². The van der Waals surface area contributed by atoms with Gasteiger partial charge in [-0.1, -0.05) is 0 Å². The normalized spacial score (nSPS) is 20.7. The minimum atomic E-state index is -0.0394. The van der Waals surface area contributed by atoms with Gasteiger partial charge in [-0.25, -0.2) is 9.99 Å². The molecule has 2 fully saturated rings. The fourth-order valence-corrected chi connectivity index (χ4v) is 2.81. The molecule has 0 bridgehead atoms. The second-order valence-electron chi connectivity index (χ2n) is 5.83. The highest BCUT2D eigenvalue weighted by molar-refractivity contribution is 5.94. The Balaban J connectivity index is 1.62. The number of piperazine rings is 1. The van der Waals surface area contributed by atoms with Crippen molar-refractivity contribution in [2.75, 3.05) is 51.2 Å². The first-order valence-electron chi connectivity index (χ1n) is 7.68. The van der Waals surface area contributed by atoms with Gasteiger partial charge in [0.2, 0.25) is 0 Å². The lowest BCUT2D eigenvalue weighted by Crippen LogP contribution is -2.52. The maximum absolute atomic E-state index is 12.3. The van der Waals surface area contributed by atoms with Crippen molar-refractivity contribution in [2.45, 2.75) is 12.8 Å². The van der Waals surface area contributed by atoms with E-state index in [9.17, 15) is 4.79 Å². The molecule has 6 heteroatoms. The van der Waals surface area contributed by atoms with Gasteiger partial charge in [0.15, 0.2) is 0 Å². The summed E-state index contributed by atoms with van der Waals surface area (Å²) < 4.78 is 0. The number of hydrogen-bond acceptors (Lipinski definition) is 5. The van der Waals surface area contributed by atoms with E-state index in [2.05, 4.69) is 27.3 Å². The number of pyridine rings is 1. The Hall–Kier alpha value is -1.66. The van der Waals surface area contributed by atoms with Gasteiger partial charge in [-0.2, -0.15) is 0 Å². The first kappa shape index (κ1) is 14.3. The Labute approximate surface area is 125 Å². The number of hydrazine groups is 1. The highest BCUT2D eigenvalue weighted by Crippen LogP contribution is 2.18. The Morgan fingerprint density at radius 2 is 1.86 bits per heavy atom. The molecular formula is C15H23N5O. The maximum Gasteiger partial charge on any atom is 0.265 e. The van der Waals surface area contributed by atoms with Gasteiger partial charge >= 0.3 is 0 Å². The smallest absolute Gasteiger partial charge is 0.265 e. The number of hydrogen-bond donors (Lipinski definition) is 1. The zero-order chi connectivity index (χ0) is 14.7. The molecule has 0 aromatic carbocycles. The van der Waals surface area contributed by atoms with Crippen LogP contribution in [0.15, 0.2) is 18.3 Å². The number of carbonyl (C=O) groups excluding carboxylic acids is 1. The highest BCUT2D eigenvalue weighted by Gasteiger charge is 2.18. The van der Waals surface area contributed by atoms with Gasteiger partial charge in [0, 0.05) is 51.0 Å². The van der Waals surface area contributed by atoms with Gasteiger partial charge in [-0.15, -0.1) is 0 Å². The van der Waals surface area contributed by atoms with E-state index in [0.717, 1.165) is 45.1 Å². The molecule has 0 aliphatic carbocycles. The van der Waals surface area contributed by atoms with Gasteiger partial charge in [0.05, 0.1) is 0 Å². The monoisotopic (exact) mass is 289 g/mol. The van der Waals surface area contributed by atoms with Gasteiger partial charge in [-0.3, -0.25) is 10.2 Å². The Morgan fingerprint density at radius 3 is 2.57 bits per heavy atom. The largest absolute Gasteiger partial charge is 0.357 e. The summed E-state index contributed by atoms with van der Waals surface area (Å²) >= 11 is 0. The molecule has 1 aromatic heterocycles. The second kappa shape index (κ2) is 6.41. The molecule has 1 amide bonds. The number of rotatable bonds is 3. The van der Waals surface area contributed by atoms with Crippen LogP contribution >= 0.6 is 0 Å². The number of anilines is 1. The first-order chi connectivity index (χ1) is 10.2. The van der Waals surface area contributed by atoms with Crippen LogP contribution in [0, 0.1) is 0 Å². The van der Waals surface area contributed by atoms with Crippen LogP contribution in [0.2, 0.25) is 0 Å². The summed E-state index contributed by atoms with van der Waals surface area (Å²) in [4.78, 5) is 21.2. The van der Waals surface area contributed by atoms with E-state index in [1.807, 2.05) is 11.1 Å². The van der Waals surface area contributed by atoms with Crippen molar-refractivity contribution in [3.05, 3.63) is 23.9 Å². The number of nitrogens with zero attached hydrogens (tertiary/aromatic N) is 4. The lowest BCUT2D eigenvalue weighted by atomic mass is 10.2. The highest BCUT2D eigenvalue weighted by atomic mass is 16.2. The first-order valence-corrected chi connectivity index (χ1v) is 7.68. The molecule has 21 heavy (non-hydrogen) atoms. The summed E-state index contributed by atoms with van der Waals surface area (Å²) in [5.41, 5.74) is 3.68. The lowest BCUT2D eigenvalue weighted by molar-refractivity contribution is 0.0662. The number of aromatic nitrogens is 1. The summed E-state index contributed by atoms with van der Waals surface area (Å²) in [6.07, 6.45) is 4.14. The van der Waals surface area contributed by atoms with Crippen molar-refractivity contribution in [3.63, 3.8) is 0 Å². The number of carbonyl (C=O) groups is 1. The molecule has 0 atom stereocenters. The van der Waals surface area contributed by atoms with Crippen LogP contribution in [-0.2, 0) is 0 Å². The van der Waals surface area contributed by atoms with E-state index in [-0.39, 0.29) is 5.91 Å². The Morgan fingerprint density at radius 1 is 1.14 bits per heavy atom. The quantitative estimate of drug-likeness (QED) is 0.882. The molecule has 3 rings (SSSR count). The van der Waals surface area contributed by atoms with Crippen molar-refractivity contribution in [1.82, 2.24) is 20.3 Å². The molecule has 6 nitrogen and oxygen atoms in total. The maximum atomic E-state index is 12.3.